The van der Waals surface area contributed by atoms with Crippen molar-refractivity contribution in [2.45, 2.75) is 0 Å². The summed E-state index contributed by atoms with van der Waals surface area (Å²) in [7, 11) is 0. The fourth-order valence-electron chi connectivity index (χ4n) is 1.71. The highest BCUT2D eigenvalue weighted by Gasteiger charge is 2.14. The van der Waals surface area contributed by atoms with Crippen LogP contribution in [0.2, 0.25) is 0 Å². The fraction of sp³-hybridized carbons (Fsp3) is 0. The van der Waals surface area contributed by atoms with Gasteiger partial charge in [0.2, 0.25) is 0 Å². The Hall–Kier alpha value is -2.42. The van der Waals surface area contributed by atoms with Gasteiger partial charge in [-0.15, -0.1) is 0 Å². The van der Waals surface area contributed by atoms with E-state index in [-0.39, 0.29) is 11.9 Å². The molecule has 1 N–H and O–H groups in total. The largest absolute Gasteiger partial charge is 0.504 e. The van der Waals surface area contributed by atoms with Crippen molar-refractivity contribution in [2.24, 2.45) is 0 Å². The van der Waals surface area contributed by atoms with Gasteiger partial charge in [-0.1, -0.05) is 60.7 Å². The molecule has 0 atom stereocenters. The normalized spacial score (nSPS) is 13.1. The van der Waals surface area contributed by atoms with Crippen LogP contribution in [0.3, 0.4) is 0 Å². The molecule has 0 aliphatic rings. The van der Waals surface area contributed by atoms with E-state index in [2.05, 4.69) is 0 Å². The van der Waals surface area contributed by atoms with Gasteiger partial charge in [0.15, 0.2) is 11.6 Å². The Kier molecular flexibility index (Phi) is 4.08. The molecule has 0 saturated heterocycles. The second kappa shape index (κ2) is 5.96. The SMILES string of the molecule is O/C(=C(F)\C(=C\F)c1ccccc1)c1ccccc1. The molecule has 0 spiro atoms. The summed E-state index contributed by atoms with van der Waals surface area (Å²) in [4.78, 5) is 0. The summed E-state index contributed by atoms with van der Waals surface area (Å²) in [5, 5.41) is 9.85. The van der Waals surface area contributed by atoms with Gasteiger partial charge in [0.25, 0.3) is 0 Å². The van der Waals surface area contributed by atoms with E-state index >= 15 is 0 Å². The lowest BCUT2D eigenvalue weighted by molar-refractivity contribution is 0.486. The van der Waals surface area contributed by atoms with E-state index in [9.17, 15) is 13.9 Å². The standard InChI is InChI=1S/C16H12F2O/c17-11-14(12-7-3-1-4-8-12)15(18)16(19)13-9-5-2-6-10-13/h1-11,19H/b14-11+,16-15+. The van der Waals surface area contributed by atoms with Crippen LogP contribution in [-0.4, -0.2) is 5.11 Å². The number of hydrogen-bond acceptors (Lipinski definition) is 1. The lowest BCUT2D eigenvalue weighted by atomic mass is 10.0. The van der Waals surface area contributed by atoms with Crippen LogP contribution in [0, 0.1) is 0 Å². The minimum Gasteiger partial charge on any atom is -0.504 e. The molecule has 0 unspecified atom stereocenters. The van der Waals surface area contributed by atoms with Gasteiger partial charge in [-0.05, 0) is 5.56 Å². The minimum absolute atomic E-state index is 0.157. The zero-order valence-electron chi connectivity index (χ0n) is 10.1. The number of allylic oxidation sites excluding steroid dienone is 2. The summed E-state index contributed by atoms with van der Waals surface area (Å²) in [6.07, 6.45) is 0.157. The van der Waals surface area contributed by atoms with Crippen LogP contribution in [0.1, 0.15) is 11.1 Å². The van der Waals surface area contributed by atoms with E-state index < -0.39 is 11.6 Å². The molecule has 96 valence electrons. The van der Waals surface area contributed by atoms with E-state index in [4.69, 9.17) is 0 Å². The number of rotatable bonds is 3. The van der Waals surface area contributed by atoms with Gasteiger partial charge in [-0.3, -0.25) is 0 Å². The van der Waals surface area contributed by atoms with Crippen molar-refractivity contribution in [3.05, 3.63) is 83.9 Å². The van der Waals surface area contributed by atoms with Crippen LogP contribution in [0.15, 0.2) is 72.8 Å². The van der Waals surface area contributed by atoms with E-state index in [1.807, 2.05) is 0 Å². The maximum atomic E-state index is 14.2. The number of halogens is 2. The van der Waals surface area contributed by atoms with Crippen molar-refractivity contribution in [2.75, 3.05) is 0 Å². The van der Waals surface area contributed by atoms with Crippen molar-refractivity contribution in [1.82, 2.24) is 0 Å². The van der Waals surface area contributed by atoms with Crippen molar-refractivity contribution < 1.29 is 13.9 Å². The predicted octanol–water partition coefficient (Wildman–Crippen LogP) is 4.89. The first-order chi connectivity index (χ1) is 9.24. The third-order valence-corrected chi connectivity index (χ3v) is 2.69. The molecule has 2 aromatic rings. The average Bonchev–Trinajstić information content (AvgIpc) is 2.49. The third-order valence-electron chi connectivity index (χ3n) is 2.69. The molecule has 0 aromatic heterocycles. The first-order valence-corrected chi connectivity index (χ1v) is 5.74. The number of hydrogen-bond donors (Lipinski definition) is 1. The Morgan fingerprint density at radius 2 is 1.32 bits per heavy atom. The molecule has 0 fully saturated rings. The number of aliphatic hydroxyl groups is 1. The monoisotopic (exact) mass is 258 g/mol. The molecule has 0 aliphatic carbocycles. The van der Waals surface area contributed by atoms with Crippen molar-refractivity contribution >= 4 is 11.3 Å². The second-order valence-electron chi connectivity index (χ2n) is 3.92. The van der Waals surface area contributed by atoms with Crippen LogP contribution in [0.25, 0.3) is 11.3 Å². The second-order valence-corrected chi connectivity index (χ2v) is 3.92. The lowest BCUT2D eigenvalue weighted by Crippen LogP contribution is -1.91. The Morgan fingerprint density at radius 1 is 0.842 bits per heavy atom. The summed E-state index contributed by atoms with van der Waals surface area (Å²) in [6.45, 7) is 0. The summed E-state index contributed by atoms with van der Waals surface area (Å²) in [5.74, 6) is -1.56. The van der Waals surface area contributed by atoms with Crippen LogP contribution in [0.5, 0.6) is 0 Å². The molecule has 19 heavy (non-hydrogen) atoms. The zero-order chi connectivity index (χ0) is 13.7. The fourth-order valence-corrected chi connectivity index (χ4v) is 1.71. The Balaban J connectivity index is 2.45. The first kappa shape index (κ1) is 13.0. The van der Waals surface area contributed by atoms with Crippen LogP contribution < -0.4 is 0 Å². The molecule has 1 nitrogen and oxygen atoms in total. The third kappa shape index (κ3) is 2.88. The number of benzene rings is 2. The predicted molar refractivity (Wildman–Crippen MR) is 72.6 cm³/mol. The van der Waals surface area contributed by atoms with Crippen molar-refractivity contribution in [3.63, 3.8) is 0 Å². The van der Waals surface area contributed by atoms with E-state index in [1.165, 1.54) is 0 Å². The summed E-state index contributed by atoms with van der Waals surface area (Å²) < 4.78 is 27.1. The van der Waals surface area contributed by atoms with E-state index in [0.717, 1.165) is 0 Å². The molecular formula is C16H12F2O. The van der Waals surface area contributed by atoms with Crippen molar-refractivity contribution in [3.8, 4) is 0 Å². The average molecular weight is 258 g/mol. The summed E-state index contributed by atoms with van der Waals surface area (Å²) >= 11 is 0. The molecule has 0 radical (unpaired) electrons. The van der Waals surface area contributed by atoms with Gasteiger partial charge in [0.05, 0.1) is 6.33 Å². The van der Waals surface area contributed by atoms with Gasteiger partial charge in [-0.2, -0.15) is 0 Å². The van der Waals surface area contributed by atoms with Gasteiger partial charge in [0, 0.05) is 11.1 Å². The van der Waals surface area contributed by atoms with Crippen LogP contribution in [0.4, 0.5) is 8.78 Å². The minimum atomic E-state index is -0.986. The Labute approximate surface area is 110 Å². The maximum absolute atomic E-state index is 14.2. The van der Waals surface area contributed by atoms with Crippen LogP contribution >= 0.6 is 0 Å². The van der Waals surface area contributed by atoms with Gasteiger partial charge in [-0.25, -0.2) is 8.78 Å². The van der Waals surface area contributed by atoms with Crippen LogP contribution in [-0.2, 0) is 0 Å². The highest BCUT2D eigenvalue weighted by molar-refractivity contribution is 5.84. The van der Waals surface area contributed by atoms with Gasteiger partial charge >= 0.3 is 0 Å². The smallest absolute Gasteiger partial charge is 0.175 e. The van der Waals surface area contributed by atoms with E-state index in [1.54, 1.807) is 60.7 Å². The van der Waals surface area contributed by atoms with Gasteiger partial charge in [0.1, 0.15) is 0 Å². The first-order valence-electron chi connectivity index (χ1n) is 5.74. The molecule has 0 aliphatic heterocycles. The lowest BCUT2D eigenvalue weighted by Gasteiger charge is -2.07. The molecule has 0 heterocycles. The summed E-state index contributed by atoms with van der Waals surface area (Å²) in [5.41, 5.74) is 0.391. The molecule has 0 saturated carbocycles. The highest BCUT2D eigenvalue weighted by atomic mass is 19.1. The molecule has 3 heteroatoms. The number of aliphatic hydroxyl groups excluding tert-OH is 1. The van der Waals surface area contributed by atoms with Crippen molar-refractivity contribution in [1.29, 1.82) is 0 Å². The summed E-state index contributed by atoms with van der Waals surface area (Å²) in [6, 6.07) is 16.4. The Morgan fingerprint density at radius 3 is 1.79 bits per heavy atom. The molecular weight excluding hydrogens is 246 g/mol. The zero-order valence-corrected chi connectivity index (χ0v) is 10.1. The molecule has 2 aromatic carbocycles. The maximum Gasteiger partial charge on any atom is 0.175 e. The molecule has 2 rings (SSSR count). The molecule has 0 bridgehead atoms. The topological polar surface area (TPSA) is 20.2 Å². The quantitative estimate of drug-likeness (QED) is 0.613. The Bertz CT molecular complexity index is 601. The highest BCUT2D eigenvalue weighted by Crippen LogP contribution is 2.29. The molecule has 0 amide bonds. The van der Waals surface area contributed by atoms with E-state index in [0.29, 0.717) is 11.1 Å². The van der Waals surface area contributed by atoms with Gasteiger partial charge < -0.3 is 5.11 Å².